The maximum absolute atomic E-state index is 13.9. The third-order valence-electron chi connectivity index (χ3n) is 2.74. The second kappa shape index (κ2) is 6.36. The Balaban J connectivity index is 2.82. The molecule has 0 saturated heterocycles. The van der Waals surface area contributed by atoms with Gasteiger partial charge in [0.2, 0.25) is 0 Å². The zero-order valence-electron chi connectivity index (χ0n) is 10.1. The van der Waals surface area contributed by atoms with Crippen molar-refractivity contribution in [1.82, 2.24) is 5.32 Å². The highest BCUT2D eigenvalue weighted by molar-refractivity contribution is 9.10. The first-order chi connectivity index (χ1) is 7.56. The van der Waals surface area contributed by atoms with Crippen LogP contribution in [-0.4, -0.2) is 7.05 Å². The van der Waals surface area contributed by atoms with E-state index in [4.69, 9.17) is 0 Å². The number of halogens is 2. The lowest BCUT2D eigenvalue weighted by atomic mass is 9.97. The van der Waals surface area contributed by atoms with Gasteiger partial charge in [0.15, 0.2) is 0 Å². The molecule has 1 nitrogen and oxygen atoms in total. The van der Waals surface area contributed by atoms with E-state index in [1.807, 2.05) is 19.2 Å². The van der Waals surface area contributed by atoms with Crippen molar-refractivity contribution in [1.29, 1.82) is 0 Å². The Morgan fingerprint density at radius 1 is 1.31 bits per heavy atom. The molecule has 0 aromatic heterocycles. The van der Waals surface area contributed by atoms with Crippen molar-refractivity contribution >= 4 is 15.9 Å². The van der Waals surface area contributed by atoms with Gasteiger partial charge in [0, 0.05) is 11.6 Å². The highest BCUT2D eigenvalue weighted by Gasteiger charge is 2.15. The summed E-state index contributed by atoms with van der Waals surface area (Å²) in [6.45, 7) is 4.37. The topological polar surface area (TPSA) is 12.0 Å². The van der Waals surface area contributed by atoms with Crippen LogP contribution in [0.25, 0.3) is 0 Å². The first-order valence-corrected chi connectivity index (χ1v) is 6.46. The Morgan fingerprint density at radius 3 is 2.56 bits per heavy atom. The summed E-state index contributed by atoms with van der Waals surface area (Å²) in [5.41, 5.74) is 0.748. The number of rotatable bonds is 5. The molecule has 0 amide bonds. The lowest BCUT2D eigenvalue weighted by Gasteiger charge is -2.18. The zero-order chi connectivity index (χ0) is 12.1. The van der Waals surface area contributed by atoms with Gasteiger partial charge in [-0.05, 0) is 47.8 Å². The van der Waals surface area contributed by atoms with Gasteiger partial charge < -0.3 is 5.32 Å². The van der Waals surface area contributed by atoms with Crippen molar-refractivity contribution in [3.8, 4) is 0 Å². The molecule has 0 heterocycles. The van der Waals surface area contributed by atoms with E-state index < -0.39 is 0 Å². The second-order valence-corrected chi connectivity index (χ2v) is 5.31. The Morgan fingerprint density at radius 2 is 2.00 bits per heavy atom. The van der Waals surface area contributed by atoms with Crippen molar-refractivity contribution in [3.63, 3.8) is 0 Å². The molecule has 0 aliphatic heterocycles. The quantitative estimate of drug-likeness (QED) is 0.852. The molecule has 90 valence electrons. The van der Waals surface area contributed by atoms with Gasteiger partial charge in [-0.15, -0.1) is 0 Å². The molecule has 3 heteroatoms. The van der Waals surface area contributed by atoms with Crippen LogP contribution in [0.2, 0.25) is 0 Å². The molecular formula is C13H19BrFN. The molecule has 1 rings (SSSR count). The van der Waals surface area contributed by atoms with Crippen LogP contribution < -0.4 is 5.32 Å². The van der Waals surface area contributed by atoms with Gasteiger partial charge in [-0.3, -0.25) is 0 Å². The lowest BCUT2D eigenvalue weighted by Crippen LogP contribution is -2.18. The first-order valence-electron chi connectivity index (χ1n) is 5.67. The Kier molecular flexibility index (Phi) is 5.42. The molecule has 0 spiro atoms. The Bertz CT molecular complexity index is 339. The van der Waals surface area contributed by atoms with Gasteiger partial charge in [0.25, 0.3) is 0 Å². The van der Waals surface area contributed by atoms with Crippen LogP contribution in [0.3, 0.4) is 0 Å². The van der Waals surface area contributed by atoms with E-state index in [9.17, 15) is 4.39 Å². The van der Waals surface area contributed by atoms with E-state index >= 15 is 0 Å². The van der Waals surface area contributed by atoms with E-state index in [2.05, 4.69) is 35.1 Å². The number of hydrogen-bond acceptors (Lipinski definition) is 1. The smallest absolute Gasteiger partial charge is 0.142 e. The van der Waals surface area contributed by atoms with Crippen LogP contribution in [0.1, 0.15) is 38.3 Å². The van der Waals surface area contributed by atoms with Gasteiger partial charge >= 0.3 is 0 Å². The lowest BCUT2D eigenvalue weighted by molar-refractivity contribution is 0.448. The predicted molar refractivity (Wildman–Crippen MR) is 70.0 cm³/mol. The van der Waals surface area contributed by atoms with Gasteiger partial charge in [-0.2, -0.15) is 0 Å². The van der Waals surface area contributed by atoms with E-state index in [-0.39, 0.29) is 11.9 Å². The maximum atomic E-state index is 13.9. The summed E-state index contributed by atoms with van der Waals surface area (Å²) in [5.74, 6) is 0.497. The van der Waals surface area contributed by atoms with E-state index in [0.29, 0.717) is 10.4 Å². The number of nitrogens with one attached hydrogen (secondary N) is 1. The van der Waals surface area contributed by atoms with Crippen molar-refractivity contribution in [2.75, 3.05) is 7.05 Å². The molecule has 16 heavy (non-hydrogen) atoms. The SMILES string of the molecule is CNC(CCC(C)C)c1cccc(Br)c1F. The van der Waals surface area contributed by atoms with Gasteiger partial charge in [-0.1, -0.05) is 26.0 Å². The van der Waals surface area contributed by atoms with Gasteiger partial charge in [-0.25, -0.2) is 4.39 Å². The average molecular weight is 288 g/mol. The van der Waals surface area contributed by atoms with Crippen LogP contribution >= 0.6 is 15.9 Å². The summed E-state index contributed by atoms with van der Waals surface area (Å²) < 4.78 is 14.4. The van der Waals surface area contributed by atoms with Crippen molar-refractivity contribution in [2.24, 2.45) is 5.92 Å². The highest BCUT2D eigenvalue weighted by atomic mass is 79.9. The molecule has 0 bridgehead atoms. The van der Waals surface area contributed by atoms with Crippen LogP contribution in [0.5, 0.6) is 0 Å². The molecule has 1 aromatic rings. The molecule has 1 atom stereocenters. The van der Waals surface area contributed by atoms with Crippen LogP contribution in [-0.2, 0) is 0 Å². The summed E-state index contributed by atoms with van der Waals surface area (Å²) in [5, 5.41) is 3.18. The van der Waals surface area contributed by atoms with Gasteiger partial charge in [0.1, 0.15) is 5.82 Å². The standard InChI is InChI=1S/C13H19BrFN/c1-9(2)7-8-12(16-3)10-5-4-6-11(14)13(10)15/h4-6,9,12,16H,7-8H2,1-3H3. The number of benzene rings is 1. The molecule has 1 unspecified atom stereocenters. The molecule has 0 saturated carbocycles. The summed E-state index contributed by atoms with van der Waals surface area (Å²) in [6, 6.07) is 5.55. The summed E-state index contributed by atoms with van der Waals surface area (Å²) in [6.07, 6.45) is 2.05. The minimum Gasteiger partial charge on any atom is -0.313 e. The second-order valence-electron chi connectivity index (χ2n) is 4.46. The van der Waals surface area contributed by atoms with E-state index in [1.165, 1.54) is 0 Å². The van der Waals surface area contributed by atoms with Crippen LogP contribution in [0.4, 0.5) is 4.39 Å². The summed E-state index contributed by atoms with van der Waals surface area (Å²) in [7, 11) is 1.88. The van der Waals surface area contributed by atoms with Crippen molar-refractivity contribution in [3.05, 3.63) is 34.1 Å². The maximum Gasteiger partial charge on any atom is 0.142 e. The third kappa shape index (κ3) is 3.56. The van der Waals surface area contributed by atoms with E-state index in [0.717, 1.165) is 18.4 Å². The first kappa shape index (κ1) is 13.7. The molecule has 0 aliphatic carbocycles. The fourth-order valence-electron chi connectivity index (χ4n) is 1.74. The monoisotopic (exact) mass is 287 g/mol. The van der Waals surface area contributed by atoms with Crippen molar-refractivity contribution in [2.45, 2.75) is 32.7 Å². The normalized spacial score (nSPS) is 13.1. The Labute approximate surface area is 106 Å². The van der Waals surface area contributed by atoms with Crippen LogP contribution in [0.15, 0.2) is 22.7 Å². The largest absolute Gasteiger partial charge is 0.313 e. The highest BCUT2D eigenvalue weighted by Crippen LogP contribution is 2.27. The van der Waals surface area contributed by atoms with E-state index in [1.54, 1.807) is 6.07 Å². The molecule has 0 fully saturated rings. The minimum absolute atomic E-state index is 0.0971. The zero-order valence-corrected chi connectivity index (χ0v) is 11.6. The van der Waals surface area contributed by atoms with Gasteiger partial charge in [0.05, 0.1) is 4.47 Å². The molecule has 1 N–H and O–H groups in total. The Hall–Kier alpha value is -0.410. The molecule has 0 radical (unpaired) electrons. The summed E-state index contributed by atoms with van der Waals surface area (Å²) >= 11 is 3.22. The summed E-state index contributed by atoms with van der Waals surface area (Å²) in [4.78, 5) is 0. The average Bonchev–Trinajstić information content (AvgIpc) is 2.24. The fraction of sp³-hybridized carbons (Fsp3) is 0.538. The molecule has 0 aliphatic rings. The molecule has 1 aromatic carbocycles. The third-order valence-corrected chi connectivity index (χ3v) is 3.35. The molecular weight excluding hydrogens is 269 g/mol. The minimum atomic E-state index is -0.148. The number of hydrogen-bond donors (Lipinski definition) is 1. The van der Waals surface area contributed by atoms with Crippen LogP contribution in [0, 0.1) is 11.7 Å². The predicted octanol–water partition coefficient (Wildman–Crippen LogP) is 4.28. The fourth-order valence-corrected chi connectivity index (χ4v) is 2.13. The van der Waals surface area contributed by atoms with Crippen molar-refractivity contribution < 1.29 is 4.39 Å².